The summed E-state index contributed by atoms with van der Waals surface area (Å²) in [6.07, 6.45) is 1.11. The molecule has 25 heavy (non-hydrogen) atoms. The van der Waals surface area contributed by atoms with Gasteiger partial charge in [0.15, 0.2) is 0 Å². The van der Waals surface area contributed by atoms with E-state index in [1.807, 2.05) is 45.0 Å². The van der Waals surface area contributed by atoms with E-state index in [1.54, 1.807) is 25.1 Å². The standard InChI is InChI=1S/C19H24N2O3S/c1-13-8-6-10-17(12-13)21(25(5,23)24)16(4)19(22)20-18-11-7-9-14(2)15(18)3/h6-12,16H,1-5H3,(H,20,22)/t16-/m1/s1. The molecule has 6 heteroatoms. The molecule has 2 aromatic rings. The minimum Gasteiger partial charge on any atom is -0.324 e. The number of amides is 1. The molecule has 0 radical (unpaired) electrons. The van der Waals surface area contributed by atoms with Crippen molar-refractivity contribution >= 4 is 27.3 Å². The summed E-state index contributed by atoms with van der Waals surface area (Å²) >= 11 is 0. The number of anilines is 2. The van der Waals surface area contributed by atoms with Crippen molar-refractivity contribution in [3.05, 3.63) is 59.2 Å². The summed E-state index contributed by atoms with van der Waals surface area (Å²) in [5.74, 6) is -0.374. The minimum absolute atomic E-state index is 0.374. The highest BCUT2D eigenvalue weighted by atomic mass is 32.2. The molecular formula is C19H24N2O3S. The summed E-state index contributed by atoms with van der Waals surface area (Å²) in [5, 5.41) is 2.84. The van der Waals surface area contributed by atoms with Crippen molar-refractivity contribution in [2.75, 3.05) is 15.9 Å². The summed E-state index contributed by atoms with van der Waals surface area (Å²) in [5.41, 5.74) is 4.11. The molecule has 2 rings (SSSR count). The van der Waals surface area contributed by atoms with E-state index in [2.05, 4.69) is 5.32 Å². The second-order valence-corrected chi connectivity index (χ2v) is 8.17. The molecule has 1 atom stereocenters. The second-order valence-electron chi connectivity index (χ2n) is 6.31. The molecule has 0 aliphatic carbocycles. The normalized spacial score (nSPS) is 12.5. The SMILES string of the molecule is Cc1cccc(N([C@H](C)C(=O)Nc2cccc(C)c2C)S(C)(=O)=O)c1. The molecule has 0 aromatic heterocycles. The molecular weight excluding hydrogens is 336 g/mol. The summed E-state index contributed by atoms with van der Waals surface area (Å²) < 4.78 is 25.8. The quantitative estimate of drug-likeness (QED) is 0.888. The van der Waals surface area contributed by atoms with Crippen LogP contribution in [0.25, 0.3) is 0 Å². The van der Waals surface area contributed by atoms with Gasteiger partial charge in [0.1, 0.15) is 6.04 Å². The molecule has 0 spiro atoms. The predicted octanol–water partition coefficient (Wildman–Crippen LogP) is 3.41. The average molecular weight is 360 g/mol. The van der Waals surface area contributed by atoms with Gasteiger partial charge in [-0.3, -0.25) is 9.10 Å². The van der Waals surface area contributed by atoms with Crippen molar-refractivity contribution in [1.29, 1.82) is 0 Å². The lowest BCUT2D eigenvalue weighted by molar-refractivity contribution is -0.116. The van der Waals surface area contributed by atoms with Gasteiger partial charge in [0.25, 0.3) is 0 Å². The highest BCUT2D eigenvalue weighted by Gasteiger charge is 2.29. The lowest BCUT2D eigenvalue weighted by Crippen LogP contribution is -2.45. The third-order valence-corrected chi connectivity index (χ3v) is 5.45. The van der Waals surface area contributed by atoms with Crippen LogP contribution in [0.15, 0.2) is 42.5 Å². The van der Waals surface area contributed by atoms with E-state index in [0.717, 1.165) is 27.3 Å². The lowest BCUT2D eigenvalue weighted by atomic mass is 10.1. The molecule has 0 heterocycles. The Labute approximate surface area is 149 Å². The molecule has 0 unspecified atom stereocenters. The Bertz CT molecular complexity index is 891. The second kappa shape index (κ2) is 7.27. The van der Waals surface area contributed by atoms with E-state index < -0.39 is 16.1 Å². The van der Waals surface area contributed by atoms with Crippen LogP contribution < -0.4 is 9.62 Å². The maximum absolute atomic E-state index is 12.7. The van der Waals surface area contributed by atoms with Crippen LogP contribution in [-0.4, -0.2) is 26.6 Å². The van der Waals surface area contributed by atoms with Crippen LogP contribution >= 0.6 is 0 Å². The Morgan fingerprint density at radius 2 is 1.72 bits per heavy atom. The molecule has 134 valence electrons. The zero-order valence-electron chi connectivity index (χ0n) is 15.2. The molecule has 5 nitrogen and oxygen atoms in total. The van der Waals surface area contributed by atoms with E-state index in [0.29, 0.717) is 11.4 Å². The molecule has 2 aromatic carbocycles. The molecule has 0 saturated heterocycles. The van der Waals surface area contributed by atoms with E-state index in [-0.39, 0.29) is 5.91 Å². The fourth-order valence-corrected chi connectivity index (χ4v) is 3.86. The minimum atomic E-state index is -3.62. The monoisotopic (exact) mass is 360 g/mol. The molecule has 0 aliphatic heterocycles. The van der Waals surface area contributed by atoms with Gasteiger partial charge in [-0.1, -0.05) is 24.3 Å². The van der Waals surface area contributed by atoms with Gasteiger partial charge >= 0.3 is 0 Å². The van der Waals surface area contributed by atoms with Crippen LogP contribution in [0, 0.1) is 20.8 Å². The van der Waals surface area contributed by atoms with E-state index in [1.165, 1.54) is 0 Å². The van der Waals surface area contributed by atoms with Crippen LogP contribution in [0.2, 0.25) is 0 Å². The van der Waals surface area contributed by atoms with Gasteiger partial charge in [-0.2, -0.15) is 0 Å². The number of hydrogen-bond acceptors (Lipinski definition) is 3. The summed E-state index contributed by atoms with van der Waals surface area (Å²) in [6.45, 7) is 7.35. The summed E-state index contributed by atoms with van der Waals surface area (Å²) in [4.78, 5) is 12.7. The van der Waals surface area contributed by atoms with Crippen LogP contribution in [-0.2, 0) is 14.8 Å². The molecule has 0 saturated carbocycles. The number of benzene rings is 2. The molecule has 1 amide bonds. The van der Waals surface area contributed by atoms with Crippen molar-refractivity contribution in [2.45, 2.75) is 33.7 Å². The number of aryl methyl sites for hydroxylation is 2. The molecule has 1 N–H and O–H groups in total. The summed E-state index contributed by atoms with van der Waals surface area (Å²) in [7, 11) is -3.62. The van der Waals surface area contributed by atoms with Crippen molar-refractivity contribution in [1.82, 2.24) is 0 Å². The third kappa shape index (κ3) is 4.39. The first-order chi connectivity index (χ1) is 11.6. The van der Waals surface area contributed by atoms with Crippen molar-refractivity contribution in [3.63, 3.8) is 0 Å². The van der Waals surface area contributed by atoms with Crippen molar-refractivity contribution in [2.24, 2.45) is 0 Å². The van der Waals surface area contributed by atoms with E-state index in [9.17, 15) is 13.2 Å². The van der Waals surface area contributed by atoms with Gasteiger partial charge in [-0.05, 0) is 62.6 Å². The number of carbonyl (C=O) groups is 1. The smallest absolute Gasteiger partial charge is 0.248 e. The Morgan fingerprint density at radius 3 is 2.32 bits per heavy atom. The van der Waals surface area contributed by atoms with Crippen LogP contribution in [0.3, 0.4) is 0 Å². The number of carbonyl (C=O) groups excluding carboxylic acids is 1. The van der Waals surface area contributed by atoms with Crippen LogP contribution in [0.1, 0.15) is 23.6 Å². The van der Waals surface area contributed by atoms with Crippen molar-refractivity contribution in [3.8, 4) is 0 Å². The maximum Gasteiger partial charge on any atom is 0.248 e. The largest absolute Gasteiger partial charge is 0.324 e. The van der Waals surface area contributed by atoms with Gasteiger partial charge in [0, 0.05) is 5.69 Å². The van der Waals surface area contributed by atoms with E-state index in [4.69, 9.17) is 0 Å². The Balaban J connectivity index is 2.35. The first kappa shape index (κ1) is 19.0. The molecule has 0 bridgehead atoms. The number of rotatable bonds is 5. The lowest BCUT2D eigenvalue weighted by Gasteiger charge is -2.28. The highest BCUT2D eigenvalue weighted by molar-refractivity contribution is 7.92. The van der Waals surface area contributed by atoms with Gasteiger partial charge in [-0.25, -0.2) is 8.42 Å². The predicted molar refractivity (Wildman–Crippen MR) is 103 cm³/mol. The van der Waals surface area contributed by atoms with Crippen LogP contribution in [0.4, 0.5) is 11.4 Å². The molecule has 0 aliphatic rings. The zero-order chi connectivity index (χ0) is 18.8. The third-order valence-electron chi connectivity index (χ3n) is 4.21. The van der Waals surface area contributed by atoms with Gasteiger partial charge in [0.2, 0.25) is 15.9 Å². The number of sulfonamides is 1. The average Bonchev–Trinajstić information content (AvgIpc) is 2.50. The number of nitrogens with one attached hydrogen (secondary N) is 1. The zero-order valence-corrected chi connectivity index (χ0v) is 16.0. The van der Waals surface area contributed by atoms with E-state index >= 15 is 0 Å². The van der Waals surface area contributed by atoms with Gasteiger partial charge < -0.3 is 5.32 Å². The molecule has 0 fully saturated rings. The Morgan fingerprint density at radius 1 is 1.08 bits per heavy atom. The number of hydrogen-bond donors (Lipinski definition) is 1. The fraction of sp³-hybridized carbons (Fsp3) is 0.316. The first-order valence-electron chi connectivity index (χ1n) is 8.04. The maximum atomic E-state index is 12.7. The van der Waals surface area contributed by atoms with Gasteiger partial charge in [-0.15, -0.1) is 0 Å². The Kier molecular flexibility index (Phi) is 5.52. The number of nitrogens with zero attached hydrogens (tertiary/aromatic N) is 1. The van der Waals surface area contributed by atoms with Crippen LogP contribution in [0.5, 0.6) is 0 Å². The highest BCUT2D eigenvalue weighted by Crippen LogP contribution is 2.24. The first-order valence-corrected chi connectivity index (χ1v) is 9.89. The Hall–Kier alpha value is -2.34. The van der Waals surface area contributed by atoms with Crippen molar-refractivity contribution < 1.29 is 13.2 Å². The fourth-order valence-electron chi connectivity index (χ4n) is 2.70. The summed E-state index contributed by atoms with van der Waals surface area (Å²) in [6, 6.07) is 11.9. The topological polar surface area (TPSA) is 66.5 Å². The van der Waals surface area contributed by atoms with Gasteiger partial charge in [0.05, 0.1) is 11.9 Å².